The summed E-state index contributed by atoms with van der Waals surface area (Å²) in [6.07, 6.45) is 0. The third-order valence-electron chi connectivity index (χ3n) is 7.59. The third kappa shape index (κ3) is 4.00. The second kappa shape index (κ2) is 9.50. The topological polar surface area (TPSA) is 57.8 Å². The number of fused-ring (bicyclic) bond motifs is 4. The maximum Gasteiger partial charge on any atom is 0.179 e. The molecule has 0 aliphatic carbocycles. The minimum atomic E-state index is -0.189. The first kappa shape index (κ1) is 24.4. The molecule has 196 valence electrons. The molecule has 2 aliphatic heterocycles. The number of aryl methyl sites for hydroxylation is 3. The Balaban J connectivity index is 1.49. The molecule has 5 aromatic rings. The molecule has 0 bridgehead atoms. The molecule has 0 saturated carbocycles. The number of nitrogens with zero attached hydrogens (tertiary/aromatic N) is 5. The lowest BCUT2D eigenvalue weighted by Gasteiger charge is -2.40. The van der Waals surface area contributed by atoms with Crippen molar-refractivity contribution in [2.45, 2.75) is 26.8 Å². The van der Waals surface area contributed by atoms with Gasteiger partial charge in [-0.25, -0.2) is 14.7 Å². The van der Waals surface area contributed by atoms with Gasteiger partial charge in [0.05, 0.1) is 28.8 Å². The number of para-hydroxylation sites is 3. The van der Waals surface area contributed by atoms with Gasteiger partial charge in [-0.3, -0.25) is 0 Å². The fourth-order valence-electron chi connectivity index (χ4n) is 5.46. The van der Waals surface area contributed by atoms with E-state index < -0.39 is 0 Å². The summed E-state index contributed by atoms with van der Waals surface area (Å²) in [6, 6.07) is 32.6. The standard InChI is InChI=1S/C33H27ClN6/c1-20-13-18-25(19-21(20)2)35-31-33-37-32-29(22(3)38-40(32)26-9-5-4-6-10-26)30(23-14-16-24(34)17-15-23)39(33)28-12-8-7-11-27(28)36-31/h4-19,30H,1-3H3,(H,35,36)/t30-/m1/s1. The molecule has 40 heavy (non-hydrogen) atoms. The van der Waals surface area contributed by atoms with Crippen molar-refractivity contribution < 1.29 is 0 Å². The molecule has 1 atom stereocenters. The van der Waals surface area contributed by atoms with E-state index in [-0.39, 0.29) is 6.04 Å². The highest BCUT2D eigenvalue weighted by atomic mass is 35.5. The number of rotatable bonds is 3. The predicted octanol–water partition coefficient (Wildman–Crippen LogP) is 8.25. The number of aromatic nitrogens is 2. The van der Waals surface area contributed by atoms with Crippen LogP contribution in [0.15, 0.2) is 107 Å². The number of benzene rings is 4. The molecule has 7 heteroatoms. The minimum absolute atomic E-state index is 0.189. The third-order valence-corrected chi connectivity index (χ3v) is 7.85. The van der Waals surface area contributed by atoms with Crippen molar-refractivity contribution in [2.24, 2.45) is 9.98 Å². The average Bonchev–Trinajstić information content (AvgIpc) is 3.31. The van der Waals surface area contributed by atoms with Crippen LogP contribution in [0.2, 0.25) is 5.02 Å². The predicted molar refractivity (Wildman–Crippen MR) is 164 cm³/mol. The number of hydrogen-bond acceptors (Lipinski definition) is 5. The molecular formula is C33H27ClN6. The first-order valence-electron chi connectivity index (χ1n) is 13.3. The van der Waals surface area contributed by atoms with E-state index in [9.17, 15) is 0 Å². The van der Waals surface area contributed by atoms with Gasteiger partial charge < -0.3 is 10.2 Å². The molecule has 0 fully saturated rings. The van der Waals surface area contributed by atoms with Gasteiger partial charge >= 0.3 is 0 Å². The van der Waals surface area contributed by atoms with Crippen molar-refractivity contribution in [3.63, 3.8) is 0 Å². The van der Waals surface area contributed by atoms with Crippen LogP contribution in [0.1, 0.15) is 34.0 Å². The summed E-state index contributed by atoms with van der Waals surface area (Å²) in [5.74, 6) is 2.22. The molecule has 3 heterocycles. The van der Waals surface area contributed by atoms with Gasteiger partial charge in [-0.15, -0.1) is 0 Å². The van der Waals surface area contributed by atoms with Crippen LogP contribution in [0.25, 0.3) is 5.69 Å². The molecule has 0 spiro atoms. The van der Waals surface area contributed by atoms with Crippen molar-refractivity contribution in [3.05, 3.63) is 130 Å². The van der Waals surface area contributed by atoms with Crippen LogP contribution in [0.5, 0.6) is 0 Å². The van der Waals surface area contributed by atoms with Gasteiger partial charge in [0.15, 0.2) is 17.5 Å². The van der Waals surface area contributed by atoms with Crippen LogP contribution in [0.3, 0.4) is 0 Å². The second-order valence-electron chi connectivity index (χ2n) is 10.2. The van der Waals surface area contributed by atoms with E-state index in [4.69, 9.17) is 26.7 Å². The molecule has 2 aliphatic rings. The molecule has 1 aromatic heterocycles. The fourth-order valence-corrected chi connectivity index (χ4v) is 5.59. The maximum atomic E-state index is 6.34. The highest BCUT2D eigenvalue weighted by Crippen LogP contribution is 2.48. The van der Waals surface area contributed by atoms with Crippen molar-refractivity contribution in [1.29, 1.82) is 0 Å². The van der Waals surface area contributed by atoms with Crippen LogP contribution in [-0.2, 0) is 0 Å². The quantitative estimate of drug-likeness (QED) is 0.250. The summed E-state index contributed by atoms with van der Waals surface area (Å²) >= 11 is 6.34. The lowest BCUT2D eigenvalue weighted by molar-refractivity contribution is 0.815. The summed E-state index contributed by atoms with van der Waals surface area (Å²) in [7, 11) is 0. The second-order valence-corrected chi connectivity index (χ2v) is 10.6. The Morgan fingerprint density at radius 3 is 2.30 bits per heavy atom. The van der Waals surface area contributed by atoms with Gasteiger partial charge in [0.25, 0.3) is 0 Å². The summed E-state index contributed by atoms with van der Waals surface area (Å²) in [4.78, 5) is 12.7. The highest BCUT2D eigenvalue weighted by molar-refractivity contribution is 6.51. The van der Waals surface area contributed by atoms with E-state index in [0.717, 1.165) is 51.2 Å². The normalized spacial score (nSPS) is 15.5. The molecule has 6 nitrogen and oxygen atoms in total. The van der Waals surface area contributed by atoms with Crippen LogP contribution in [0, 0.1) is 20.8 Å². The van der Waals surface area contributed by atoms with Crippen LogP contribution < -0.4 is 10.2 Å². The maximum absolute atomic E-state index is 6.34. The Bertz CT molecular complexity index is 1820. The van der Waals surface area contributed by atoms with E-state index in [2.05, 4.69) is 79.5 Å². The number of amidine groups is 2. The highest BCUT2D eigenvalue weighted by Gasteiger charge is 2.41. The summed E-state index contributed by atoms with van der Waals surface area (Å²) in [5, 5.41) is 9.29. The van der Waals surface area contributed by atoms with Crippen LogP contribution in [-0.4, -0.2) is 21.5 Å². The lowest BCUT2D eigenvalue weighted by atomic mass is 9.93. The summed E-state index contributed by atoms with van der Waals surface area (Å²) < 4.78 is 1.94. The number of aliphatic imine (C=N–C) groups is 2. The molecular weight excluding hydrogens is 516 g/mol. The van der Waals surface area contributed by atoms with E-state index in [1.54, 1.807) is 0 Å². The minimum Gasteiger partial charge on any atom is -0.337 e. The number of anilines is 2. The molecule has 0 unspecified atom stereocenters. The zero-order valence-electron chi connectivity index (χ0n) is 22.4. The largest absolute Gasteiger partial charge is 0.337 e. The first-order chi connectivity index (χ1) is 19.5. The van der Waals surface area contributed by atoms with Crippen LogP contribution in [0.4, 0.5) is 22.9 Å². The van der Waals surface area contributed by atoms with E-state index in [0.29, 0.717) is 10.9 Å². The SMILES string of the molecule is Cc1ccc(NC2=Nc3ccccc3N3C2=Nc2c(c(C)nn2-c2ccccc2)[C@H]3c2ccc(Cl)cc2)cc1C. The molecule has 0 radical (unpaired) electrons. The zero-order valence-corrected chi connectivity index (χ0v) is 23.2. The van der Waals surface area contributed by atoms with Gasteiger partial charge in [0.1, 0.15) is 0 Å². The molecule has 7 rings (SSSR count). The number of hydrogen-bond donors (Lipinski definition) is 1. The van der Waals surface area contributed by atoms with Gasteiger partial charge in [-0.2, -0.15) is 5.10 Å². The molecule has 1 N–H and O–H groups in total. The van der Waals surface area contributed by atoms with Crippen molar-refractivity contribution in [2.75, 3.05) is 10.2 Å². The Kier molecular flexibility index (Phi) is 5.79. The van der Waals surface area contributed by atoms with Crippen molar-refractivity contribution >= 4 is 46.2 Å². The molecule has 0 amide bonds. The van der Waals surface area contributed by atoms with Gasteiger partial charge in [-0.1, -0.05) is 60.1 Å². The number of nitrogens with one attached hydrogen (secondary N) is 1. The van der Waals surface area contributed by atoms with E-state index in [1.807, 2.05) is 53.2 Å². The van der Waals surface area contributed by atoms with Crippen molar-refractivity contribution in [1.82, 2.24) is 9.78 Å². The van der Waals surface area contributed by atoms with E-state index >= 15 is 0 Å². The lowest BCUT2D eigenvalue weighted by Crippen LogP contribution is -2.46. The van der Waals surface area contributed by atoms with Gasteiger partial charge in [0, 0.05) is 16.3 Å². The van der Waals surface area contributed by atoms with Crippen LogP contribution >= 0.6 is 11.6 Å². The van der Waals surface area contributed by atoms with Gasteiger partial charge in [-0.05, 0) is 86.0 Å². The Labute approximate surface area is 238 Å². The van der Waals surface area contributed by atoms with Gasteiger partial charge in [0.2, 0.25) is 0 Å². The zero-order chi connectivity index (χ0) is 27.4. The monoisotopic (exact) mass is 542 g/mol. The summed E-state index contributed by atoms with van der Waals surface area (Å²) in [6.45, 7) is 6.29. The number of halogens is 1. The summed E-state index contributed by atoms with van der Waals surface area (Å²) in [5.41, 5.74) is 9.31. The van der Waals surface area contributed by atoms with Crippen molar-refractivity contribution in [3.8, 4) is 5.69 Å². The van der Waals surface area contributed by atoms with E-state index in [1.165, 1.54) is 11.1 Å². The average molecular weight is 543 g/mol. The smallest absolute Gasteiger partial charge is 0.179 e. The first-order valence-corrected chi connectivity index (χ1v) is 13.7. The Hall–Kier alpha value is -4.68. The Morgan fingerprint density at radius 1 is 0.775 bits per heavy atom. The fraction of sp³-hybridized carbons (Fsp3) is 0.121. The molecule has 0 saturated heterocycles. The Morgan fingerprint density at radius 2 is 1.52 bits per heavy atom. The molecule has 4 aromatic carbocycles.